The third-order valence-electron chi connectivity index (χ3n) is 4.50. The van der Waals surface area contributed by atoms with Gasteiger partial charge in [-0.15, -0.1) is 0 Å². The Hall–Kier alpha value is -3.12. The Morgan fingerprint density at radius 1 is 1.08 bits per heavy atom. The van der Waals surface area contributed by atoms with Gasteiger partial charge in [0.2, 0.25) is 5.91 Å². The van der Waals surface area contributed by atoms with Crippen LogP contribution in [0, 0.1) is 0 Å². The number of benzene rings is 2. The molecule has 4 N–H and O–H groups in total. The van der Waals surface area contributed by atoms with Gasteiger partial charge < -0.3 is 20.7 Å². The minimum Gasteiger partial charge on any atom is -0.478 e. The van der Waals surface area contributed by atoms with Crippen LogP contribution in [-0.2, 0) is 11.2 Å². The molecule has 6 nitrogen and oxygen atoms in total. The number of hydrogen-bond donors (Lipinski definition) is 4. The number of aromatic nitrogens is 1. The number of amides is 1. The lowest BCUT2D eigenvalue weighted by atomic mass is 9.97. The van der Waals surface area contributed by atoms with Gasteiger partial charge in [0.05, 0.1) is 5.56 Å². The van der Waals surface area contributed by atoms with Crippen molar-refractivity contribution in [3.8, 4) is 0 Å². The van der Waals surface area contributed by atoms with Crippen LogP contribution in [0.3, 0.4) is 0 Å². The van der Waals surface area contributed by atoms with Crippen LogP contribution >= 0.6 is 0 Å². The normalized spacial score (nSPS) is 16.4. The number of aromatic carboxylic acids is 1. The molecule has 0 saturated carbocycles. The van der Waals surface area contributed by atoms with Crippen molar-refractivity contribution < 1.29 is 14.7 Å². The van der Waals surface area contributed by atoms with Crippen molar-refractivity contribution in [3.63, 3.8) is 0 Å². The number of H-pyrrole nitrogens is 1. The molecular formula is C19H17N3O3. The largest absolute Gasteiger partial charge is 0.478 e. The van der Waals surface area contributed by atoms with Crippen LogP contribution in [0.5, 0.6) is 0 Å². The molecular weight excluding hydrogens is 318 g/mol. The maximum atomic E-state index is 12.8. The molecule has 0 spiro atoms. The Labute approximate surface area is 143 Å². The van der Waals surface area contributed by atoms with E-state index in [0.717, 1.165) is 35.1 Å². The summed E-state index contributed by atoms with van der Waals surface area (Å²) in [5.74, 6) is -1.15. The SMILES string of the molecule is O=C(O)c1ccc(NC(=O)C2NCCc3[nH]c4ccccc4c32)cc1. The second kappa shape index (κ2) is 6.07. The molecule has 1 atom stereocenters. The van der Waals surface area contributed by atoms with E-state index >= 15 is 0 Å². The molecule has 2 aromatic carbocycles. The lowest BCUT2D eigenvalue weighted by Gasteiger charge is -2.24. The van der Waals surface area contributed by atoms with Crippen LogP contribution in [-0.4, -0.2) is 28.5 Å². The Kier molecular flexibility index (Phi) is 3.74. The van der Waals surface area contributed by atoms with E-state index in [1.54, 1.807) is 12.1 Å². The zero-order valence-electron chi connectivity index (χ0n) is 13.4. The minimum absolute atomic E-state index is 0.159. The lowest BCUT2D eigenvalue weighted by Crippen LogP contribution is -2.37. The topological polar surface area (TPSA) is 94.2 Å². The average Bonchev–Trinajstić information content (AvgIpc) is 3.00. The van der Waals surface area contributed by atoms with Crippen molar-refractivity contribution in [2.45, 2.75) is 12.5 Å². The second-order valence-corrected chi connectivity index (χ2v) is 6.07. The first-order chi connectivity index (χ1) is 12.1. The number of hydrogen-bond acceptors (Lipinski definition) is 3. The molecule has 4 rings (SSSR count). The molecule has 126 valence electrons. The van der Waals surface area contributed by atoms with E-state index < -0.39 is 12.0 Å². The number of carbonyl (C=O) groups excluding carboxylic acids is 1. The van der Waals surface area contributed by atoms with Gasteiger partial charge in [-0.25, -0.2) is 4.79 Å². The van der Waals surface area contributed by atoms with Crippen molar-refractivity contribution >= 4 is 28.5 Å². The van der Waals surface area contributed by atoms with Crippen molar-refractivity contribution in [1.29, 1.82) is 0 Å². The molecule has 0 bridgehead atoms. The van der Waals surface area contributed by atoms with Gasteiger partial charge in [-0.2, -0.15) is 0 Å². The van der Waals surface area contributed by atoms with Gasteiger partial charge in [0.1, 0.15) is 6.04 Å². The summed E-state index contributed by atoms with van der Waals surface area (Å²) in [6.45, 7) is 0.718. The zero-order valence-corrected chi connectivity index (χ0v) is 13.4. The third kappa shape index (κ3) is 2.77. The van der Waals surface area contributed by atoms with Crippen molar-refractivity contribution in [3.05, 3.63) is 65.4 Å². The summed E-state index contributed by atoms with van der Waals surface area (Å²) >= 11 is 0. The minimum atomic E-state index is -0.991. The number of carbonyl (C=O) groups is 2. The molecule has 0 aliphatic carbocycles. The van der Waals surface area contributed by atoms with E-state index in [9.17, 15) is 9.59 Å². The molecule has 1 aliphatic heterocycles. The number of fused-ring (bicyclic) bond motifs is 3. The molecule has 1 unspecified atom stereocenters. The highest BCUT2D eigenvalue weighted by Gasteiger charge is 2.29. The van der Waals surface area contributed by atoms with Gasteiger partial charge in [-0.1, -0.05) is 18.2 Å². The molecule has 1 amide bonds. The van der Waals surface area contributed by atoms with E-state index in [4.69, 9.17) is 5.11 Å². The molecule has 25 heavy (non-hydrogen) atoms. The Morgan fingerprint density at radius 2 is 1.84 bits per heavy atom. The summed E-state index contributed by atoms with van der Waals surface area (Å²) in [4.78, 5) is 27.1. The highest BCUT2D eigenvalue weighted by Crippen LogP contribution is 2.31. The molecule has 6 heteroatoms. The summed E-state index contributed by atoms with van der Waals surface area (Å²) in [7, 11) is 0. The highest BCUT2D eigenvalue weighted by atomic mass is 16.4. The van der Waals surface area contributed by atoms with E-state index in [2.05, 4.69) is 15.6 Å². The first-order valence-corrected chi connectivity index (χ1v) is 8.10. The zero-order chi connectivity index (χ0) is 17.4. The molecule has 1 aliphatic rings. The van der Waals surface area contributed by atoms with Gasteiger partial charge in [-0.05, 0) is 30.3 Å². The lowest BCUT2D eigenvalue weighted by molar-refractivity contribution is -0.118. The first kappa shape index (κ1) is 15.4. The van der Waals surface area contributed by atoms with Gasteiger partial charge in [-0.3, -0.25) is 4.79 Å². The maximum absolute atomic E-state index is 12.8. The standard InChI is InChI=1S/C19H17N3O3/c23-18(21-12-7-5-11(6-8-12)19(24)25)17-16-13-3-1-2-4-14(13)22-15(16)9-10-20-17/h1-8,17,20,22H,9-10H2,(H,21,23)(H,24,25). The van der Waals surface area contributed by atoms with Crippen LogP contribution in [0.1, 0.15) is 27.7 Å². The van der Waals surface area contributed by atoms with Crippen molar-refractivity contribution in [2.24, 2.45) is 0 Å². The monoisotopic (exact) mass is 335 g/mol. The van der Waals surface area contributed by atoms with E-state index in [1.807, 2.05) is 24.3 Å². The number of carboxylic acid groups (broad SMARTS) is 1. The highest BCUT2D eigenvalue weighted by molar-refractivity contribution is 6.00. The van der Waals surface area contributed by atoms with Crippen molar-refractivity contribution in [2.75, 3.05) is 11.9 Å². The summed E-state index contributed by atoms with van der Waals surface area (Å²) in [5.41, 5.74) is 3.86. The molecule has 0 radical (unpaired) electrons. The summed E-state index contributed by atoms with van der Waals surface area (Å²) < 4.78 is 0. The number of nitrogens with one attached hydrogen (secondary N) is 3. The third-order valence-corrected chi connectivity index (χ3v) is 4.50. The van der Waals surface area contributed by atoms with Gasteiger partial charge in [0.25, 0.3) is 0 Å². The van der Waals surface area contributed by atoms with Crippen LogP contribution in [0.4, 0.5) is 5.69 Å². The Bertz CT molecular complexity index is 960. The predicted molar refractivity (Wildman–Crippen MR) is 94.8 cm³/mol. The molecule has 0 saturated heterocycles. The summed E-state index contributed by atoms with van der Waals surface area (Å²) in [6, 6.07) is 13.7. The molecule has 3 aromatic rings. The smallest absolute Gasteiger partial charge is 0.335 e. The maximum Gasteiger partial charge on any atom is 0.335 e. The number of para-hydroxylation sites is 1. The first-order valence-electron chi connectivity index (χ1n) is 8.10. The van der Waals surface area contributed by atoms with E-state index in [-0.39, 0.29) is 11.5 Å². The van der Waals surface area contributed by atoms with E-state index in [1.165, 1.54) is 12.1 Å². The quantitative estimate of drug-likeness (QED) is 0.592. The fourth-order valence-corrected chi connectivity index (χ4v) is 3.32. The number of carboxylic acids is 1. The van der Waals surface area contributed by atoms with Gasteiger partial charge in [0, 0.05) is 40.8 Å². The molecule has 0 fully saturated rings. The van der Waals surface area contributed by atoms with E-state index in [0.29, 0.717) is 5.69 Å². The Balaban J connectivity index is 1.62. The van der Waals surface area contributed by atoms with Crippen LogP contribution in [0.2, 0.25) is 0 Å². The number of anilines is 1. The number of aromatic amines is 1. The van der Waals surface area contributed by atoms with Crippen molar-refractivity contribution in [1.82, 2.24) is 10.3 Å². The number of rotatable bonds is 3. The second-order valence-electron chi connectivity index (χ2n) is 6.07. The van der Waals surface area contributed by atoms with Gasteiger partial charge in [0.15, 0.2) is 0 Å². The van der Waals surface area contributed by atoms with Gasteiger partial charge >= 0.3 is 5.97 Å². The van der Waals surface area contributed by atoms with Crippen LogP contribution in [0.25, 0.3) is 10.9 Å². The fourth-order valence-electron chi connectivity index (χ4n) is 3.32. The summed E-state index contributed by atoms with van der Waals surface area (Å²) in [6.07, 6.45) is 0.848. The predicted octanol–water partition coefficient (Wildman–Crippen LogP) is 2.69. The van der Waals surface area contributed by atoms with Crippen LogP contribution < -0.4 is 10.6 Å². The summed E-state index contributed by atoms with van der Waals surface area (Å²) in [5, 5.41) is 16.1. The molecule has 2 heterocycles. The average molecular weight is 335 g/mol. The van der Waals surface area contributed by atoms with Crippen LogP contribution in [0.15, 0.2) is 48.5 Å². The molecule has 1 aromatic heterocycles. The fraction of sp³-hybridized carbons (Fsp3) is 0.158. The Morgan fingerprint density at radius 3 is 2.60 bits per heavy atom.